The number of nitrogens with zero attached hydrogens (tertiary/aromatic N) is 3. The van der Waals surface area contributed by atoms with Crippen LogP contribution in [0.2, 0.25) is 0 Å². The molecule has 7 heteroatoms. The minimum absolute atomic E-state index is 0.0873. The van der Waals surface area contributed by atoms with E-state index >= 15 is 0 Å². The Morgan fingerprint density at radius 3 is 2.69 bits per heavy atom. The van der Waals surface area contributed by atoms with E-state index < -0.39 is 5.97 Å². The van der Waals surface area contributed by atoms with Crippen LogP contribution >= 0.6 is 0 Å². The van der Waals surface area contributed by atoms with Crippen molar-refractivity contribution in [3.63, 3.8) is 0 Å². The molecule has 7 nitrogen and oxygen atoms in total. The first kappa shape index (κ1) is 22.4. The molecule has 1 fully saturated rings. The second-order valence-corrected chi connectivity index (χ2v) is 9.13. The maximum atomic E-state index is 12.6. The Bertz CT molecular complexity index is 970. The van der Waals surface area contributed by atoms with Gasteiger partial charge in [0.15, 0.2) is 0 Å². The molecular formula is C25H32N4O3. The first-order chi connectivity index (χ1) is 15.5. The van der Waals surface area contributed by atoms with Gasteiger partial charge in [-0.3, -0.25) is 14.6 Å². The van der Waals surface area contributed by atoms with Crippen LogP contribution in [0.15, 0.2) is 18.5 Å². The van der Waals surface area contributed by atoms with Crippen LogP contribution in [-0.4, -0.2) is 38.4 Å². The van der Waals surface area contributed by atoms with E-state index in [0.29, 0.717) is 23.7 Å². The van der Waals surface area contributed by atoms with Gasteiger partial charge < -0.3 is 10.4 Å². The lowest BCUT2D eigenvalue weighted by molar-refractivity contribution is -0.137. The van der Waals surface area contributed by atoms with Crippen LogP contribution in [0.3, 0.4) is 0 Å². The number of carbonyl (C=O) groups is 2. The van der Waals surface area contributed by atoms with Gasteiger partial charge in [0, 0.05) is 43.4 Å². The fourth-order valence-electron chi connectivity index (χ4n) is 4.50. The number of unbranched alkanes of at least 4 members (excludes halogenated alkanes) is 1. The zero-order valence-electron chi connectivity index (χ0n) is 18.8. The largest absolute Gasteiger partial charge is 0.481 e. The molecule has 170 valence electrons. The Morgan fingerprint density at radius 2 is 1.97 bits per heavy atom. The summed E-state index contributed by atoms with van der Waals surface area (Å²) in [6.45, 7) is 2.81. The number of aromatic nitrogens is 3. The third-order valence-corrected chi connectivity index (χ3v) is 6.42. The van der Waals surface area contributed by atoms with Gasteiger partial charge in [0.2, 0.25) is 0 Å². The van der Waals surface area contributed by atoms with Gasteiger partial charge in [-0.2, -0.15) is 0 Å². The first-order valence-corrected chi connectivity index (χ1v) is 11.8. The molecule has 1 aliphatic carbocycles. The maximum Gasteiger partial charge on any atom is 0.303 e. The fraction of sp³-hybridized carbons (Fsp3) is 0.560. The molecule has 2 aromatic rings. The number of carboxylic acids is 1. The number of Topliss-reactive ketones (excluding diaryl/α,β-unsaturated/α-hetero) is 1. The summed E-state index contributed by atoms with van der Waals surface area (Å²) >= 11 is 0. The second kappa shape index (κ2) is 10.2. The van der Waals surface area contributed by atoms with Crippen molar-refractivity contribution in [2.75, 3.05) is 11.9 Å². The van der Waals surface area contributed by atoms with Gasteiger partial charge in [-0.05, 0) is 75.0 Å². The summed E-state index contributed by atoms with van der Waals surface area (Å²) in [5.41, 5.74) is 5.71. The first-order valence-electron chi connectivity index (χ1n) is 11.8. The number of ketones is 1. The lowest BCUT2D eigenvalue weighted by atomic mass is 9.91. The van der Waals surface area contributed by atoms with Crippen molar-refractivity contribution in [1.82, 2.24) is 15.0 Å². The SMILES string of the molecule is Cc1ncc([C@H](CC(=O)O)CC(=O)CCCCc2nc3c(cc2C2CC2)NCCC3)cn1. The second-order valence-electron chi connectivity index (χ2n) is 9.13. The van der Waals surface area contributed by atoms with E-state index in [1.165, 1.54) is 35.5 Å². The molecule has 2 N–H and O–H groups in total. The van der Waals surface area contributed by atoms with Crippen LogP contribution in [0.1, 0.15) is 91.5 Å². The van der Waals surface area contributed by atoms with Crippen molar-refractivity contribution < 1.29 is 14.7 Å². The van der Waals surface area contributed by atoms with Crippen molar-refractivity contribution >= 4 is 17.4 Å². The topological polar surface area (TPSA) is 105 Å². The Kier molecular flexibility index (Phi) is 7.12. The predicted octanol–water partition coefficient (Wildman–Crippen LogP) is 4.35. The summed E-state index contributed by atoms with van der Waals surface area (Å²) in [6, 6.07) is 2.32. The number of fused-ring (bicyclic) bond motifs is 1. The van der Waals surface area contributed by atoms with E-state index in [-0.39, 0.29) is 24.5 Å². The molecule has 0 saturated heterocycles. The van der Waals surface area contributed by atoms with E-state index in [1.54, 1.807) is 19.3 Å². The number of aliphatic carboxylic acids is 1. The zero-order valence-corrected chi connectivity index (χ0v) is 18.8. The summed E-state index contributed by atoms with van der Waals surface area (Å²) in [7, 11) is 0. The number of nitrogens with one attached hydrogen (secondary N) is 1. The molecule has 0 bridgehead atoms. The summed E-state index contributed by atoms with van der Waals surface area (Å²) in [5, 5.41) is 12.7. The summed E-state index contributed by atoms with van der Waals surface area (Å²) in [4.78, 5) is 37.2. The monoisotopic (exact) mass is 436 g/mol. The van der Waals surface area contributed by atoms with Gasteiger partial charge in [-0.15, -0.1) is 0 Å². The number of hydrogen-bond acceptors (Lipinski definition) is 6. The van der Waals surface area contributed by atoms with Crippen LogP contribution in [0.4, 0.5) is 5.69 Å². The molecule has 2 aliphatic rings. The van der Waals surface area contributed by atoms with Crippen LogP contribution in [0, 0.1) is 6.92 Å². The fourth-order valence-corrected chi connectivity index (χ4v) is 4.50. The molecule has 4 rings (SSSR count). The third kappa shape index (κ3) is 5.90. The van der Waals surface area contributed by atoms with Crippen LogP contribution < -0.4 is 5.32 Å². The van der Waals surface area contributed by atoms with Crippen molar-refractivity contribution in [2.45, 2.75) is 83.0 Å². The number of carbonyl (C=O) groups excluding carboxylic acids is 1. The molecule has 0 radical (unpaired) electrons. The lowest BCUT2D eigenvalue weighted by Crippen LogP contribution is -2.15. The Hall–Kier alpha value is -2.83. The van der Waals surface area contributed by atoms with E-state index in [1.807, 2.05) is 0 Å². The van der Waals surface area contributed by atoms with Crippen molar-refractivity contribution in [2.24, 2.45) is 0 Å². The number of anilines is 1. The standard InChI is InChI=1S/C25H32N4O3/c1-16-27-14-19(15-28-16)18(12-25(31)32)11-20(30)5-2-3-6-22-21(17-8-9-17)13-24-23(29-22)7-4-10-26-24/h13-15,17-18,26H,2-12H2,1H3,(H,31,32)/t18-/m0/s1. The molecule has 32 heavy (non-hydrogen) atoms. The molecule has 3 heterocycles. The van der Waals surface area contributed by atoms with Crippen LogP contribution in [-0.2, 0) is 22.4 Å². The molecule has 1 atom stereocenters. The Morgan fingerprint density at radius 1 is 1.19 bits per heavy atom. The number of hydrogen-bond donors (Lipinski definition) is 2. The highest BCUT2D eigenvalue weighted by Gasteiger charge is 2.28. The lowest BCUT2D eigenvalue weighted by Gasteiger charge is -2.20. The van der Waals surface area contributed by atoms with Crippen molar-refractivity contribution in [3.8, 4) is 0 Å². The molecule has 2 aromatic heterocycles. The summed E-state index contributed by atoms with van der Waals surface area (Å²) in [6.07, 6.45) is 11.1. The average molecular weight is 437 g/mol. The molecule has 1 saturated carbocycles. The zero-order chi connectivity index (χ0) is 22.5. The van der Waals surface area contributed by atoms with E-state index in [0.717, 1.165) is 38.6 Å². The normalized spacial score (nSPS) is 16.2. The molecule has 0 unspecified atom stereocenters. The van der Waals surface area contributed by atoms with Gasteiger partial charge in [0.05, 0.1) is 17.8 Å². The summed E-state index contributed by atoms with van der Waals surface area (Å²) in [5.74, 6) is 0.0932. The Balaban J connectivity index is 1.31. The quantitative estimate of drug-likeness (QED) is 0.505. The van der Waals surface area contributed by atoms with Crippen molar-refractivity contribution in [3.05, 3.63) is 46.8 Å². The summed E-state index contributed by atoms with van der Waals surface area (Å²) < 4.78 is 0. The highest BCUT2D eigenvalue weighted by atomic mass is 16.4. The van der Waals surface area contributed by atoms with Gasteiger partial charge in [-0.25, -0.2) is 9.97 Å². The smallest absolute Gasteiger partial charge is 0.303 e. The minimum atomic E-state index is -0.913. The van der Waals surface area contributed by atoms with E-state index in [4.69, 9.17) is 4.98 Å². The van der Waals surface area contributed by atoms with E-state index in [2.05, 4.69) is 21.4 Å². The van der Waals surface area contributed by atoms with Gasteiger partial charge in [0.1, 0.15) is 11.6 Å². The number of pyridine rings is 1. The number of aryl methyl sites for hydroxylation is 3. The number of rotatable bonds is 11. The minimum Gasteiger partial charge on any atom is -0.481 e. The number of carboxylic acid groups (broad SMARTS) is 1. The maximum absolute atomic E-state index is 12.6. The van der Waals surface area contributed by atoms with Gasteiger partial charge in [-0.1, -0.05) is 0 Å². The van der Waals surface area contributed by atoms with Crippen LogP contribution in [0.5, 0.6) is 0 Å². The molecule has 0 amide bonds. The molecule has 0 aromatic carbocycles. The highest BCUT2D eigenvalue weighted by molar-refractivity contribution is 5.80. The molecule has 1 aliphatic heterocycles. The van der Waals surface area contributed by atoms with Crippen molar-refractivity contribution in [1.29, 1.82) is 0 Å². The molecular weight excluding hydrogens is 404 g/mol. The Labute approximate surface area is 189 Å². The predicted molar refractivity (Wildman–Crippen MR) is 122 cm³/mol. The van der Waals surface area contributed by atoms with Gasteiger partial charge in [0.25, 0.3) is 0 Å². The molecule has 0 spiro atoms. The van der Waals surface area contributed by atoms with E-state index in [9.17, 15) is 14.7 Å². The third-order valence-electron chi connectivity index (χ3n) is 6.42. The average Bonchev–Trinajstić information content (AvgIpc) is 3.61. The van der Waals surface area contributed by atoms with Crippen LogP contribution in [0.25, 0.3) is 0 Å². The highest BCUT2D eigenvalue weighted by Crippen LogP contribution is 2.43. The van der Waals surface area contributed by atoms with Gasteiger partial charge >= 0.3 is 5.97 Å².